The number of rotatable bonds is 80. The number of aliphatic hydroxyl groups is 10. The minimum absolute atomic E-state index is 0.00699. The van der Waals surface area contributed by atoms with E-state index in [1.54, 1.807) is 20.8 Å². The summed E-state index contributed by atoms with van der Waals surface area (Å²) in [5.74, 6) is -5.54. The van der Waals surface area contributed by atoms with Gasteiger partial charge in [-0.3, -0.25) is 42.9 Å². The van der Waals surface area contributed by atoms with Crippen molar-refractivity contribution in [3.05, 3.63) is 0 Å². The summed E-state index contributed by atoms with van der Waals surface area (Å²) in [7, 11) is -4.63. The molecule has 0 bridgehead atoms. The van der Waals surface area contributed by atoms with Crippen LogP contribution in [-0.4, -0.2) is 325 Å². The molecule has 3 heterocycles. The average molecular weight is 1880 g/mol. The number of amides is 8. The highest BCUT2D eigenvalue weighted by atomic mass is 31.2. The number of carbonyl (C=O) groups is 8. The molecule has 3 saturated heterocycles. The van der Waals surface area contributed by atoms with Crippen molar-refractivity contribution in [2.75, 3.05) is 125 Å². The van der Waals surface area contributed by atoms with Crippen molar-refractivity contribution in [1.82, 2.24) is 42.5 Å². The summed E-state index contributed by atoms with van der Waals surface area (Å²) in [5.41, 5.74) is 0. The van der Waals surface area contributed by atoms with E-state index in [1.165, 1.54) is 57.8 Å². The Bertz CT molecular complexity index is 3000. The smallest absolute Gasteiger partial charge is 0.396 e. The quantitative estimate of drug-likeness (QED) is 0.0307. The second-order valence-corrected chi connectivity index (χ2v) is 35.8. The molecule has 3 fully saturated rings. The largest absolute Gasteiger partial charge is 0.469 e. The van der Waals surface area contributed by atoms with E-state index in [1.807, 2.05) is 0 Å². The molecule has 3 aliphatic heterocycles. The van der Waals surface area contributed by atoms with E-state index in [0.717, 1.165) is 77.0 Å². The van der Waals surface area contributed by atoms with Crippen LogP contribution < -0.4 is 42.5 Å². The summed E-state index contributed by atoms with van der Waals surface area (Å²) in [4.78, 5) is 127. The van der Waals surface area contributed by atoms with Crippen LogP contribution in [0.1, 0.15) is 278 Å². The zero-order valence-electron chi connectivity index (χ0n) is 77.6. The van der Waals surface area contributed by atoms with Crippen molar-refractivity contribution in [2.45, 2.75) is 370 Å². The number of phosphoric ester groups is 1. The number of hydrogen-bond acceptors (Lipinski definition) is 29. The maximum absolute atomic E-state index is 15.0. The van der Waals surface area contributed by atoms with Gasteiger partial charge in [-0.2, -0.15) is 0 Å². The topological polar surface area (TPSA) is 585 Å². The molecule has 16 unspecified atom stereocenters. The number of aliphatic hydroxyl groups excluding tert-OH is 10. The molecule has 754 valence electrons. The molecule has 0 spiro atoms. The van der Waals surface area contributed by atoms with E-state index < -0.39 is 167 Å². The first-order chi connectivity index (χ1) is 62.1. The molecule has 8 amide bonds. The van der Waals surface area contributed by atoms with Crippen LogP contribution in [0.2, 0.25) is 0 Å². The summed E-state index contributed by atoms with van der Waals surface area (Å²) in [6.07, 6.45) is 14.5. The van der Waals surface area contributed by atoms with Gasteiger partial charge in [-0.1, -0.05) is 156 Å². The first-order valence-electron chi connectivity index (χ1n) is 48.1. The summed E-state index contributed by atoms with van der Waals surface area (Å²) >= 11 is 0. The molecule has 0 aromatic rings. The molecule has 0 radical (unpaired) electrons. The summed E-state index contributed by atoms with van der Waals surface area (Å²) < 4.78 is 66.4. The van der Waals surface area contributed by atoms with Gasteiger partial charge < -0.3 is 146 Å². The van der Waals surface area contributed by atoms with Crippen molar-refractivity contribution in [2.24, 2.45) is 23.7 Å². The van der Waals surface area contributed by atoms with E-state index in [2.05, 4.69) is 54.0 Å². The van der Waals surface area contributed by atoms with Crippen molar-refractivity contribution in [1.29, 1.82) is 0 Å². The fourth-order valence-corrected chi connectivity index (χ4v) is 15.7. The Balaban J connectivity index is 1.74. The lowest BCUT2D eigenvalue weighted by molar-refractivity contribution is -0.284. The molecule has 3 aliphatic rings. The summed E-state index contributed by atoms with van der Waals surface area (Å²) in [6.45, 7) is 6.43. The third kappa shape index (κ3) is 54.4. The van der Waals surface area contributed by atoms with E-state index in [9.17, 15) is 94.0 Å². The van der Waals surface area contributed by atoms with Crippen LogP contribution in [0.15, 0.2) is 0 Å². The molecule has 20 N–H and O–H groups in total. The number of unbranched alkanes of at least 4 members (excludes halogenated alkanes) is 24. The maximum Gasteiger partial charge on any atom is 0.469 e. The average Bonchev–Trinajstić information content (AvgIpc) is 0.828. The lowest BCUT2D eigenvalue weighted by Crippen LogP contribution is -2.56. The second-order valence-electron chi connectivity index (χ2n) is 34.6. The highest BCUT2D eigenvalue weighted by Crippen LogP contribution is 2.37. The fraction of sp³-hybridized carbons (Fsp3) is 0.910. The Kier molecular flexibility index (Phi) is 67.3. The summed E-state index contributed by atoms with van der Waals surface area (Å²) in [6, 6.07) is -3.63. The zero-order chi connectivity index (χ0) is 94.8. The normalized spacial score (nSPS) is 23.3. The van der Waals surface area contributed by atoms with E-state index in [4.69, 9.17) is 52.4 Å². The highest BCUT2D eigenvalue weighted by molar-refractivity contribution is 7.46. The predicted molar refractivity (Wildman–Crippen MR) is 476 cm³/mol. The van der Waals surface area contributed by atoms with E-state index >= 15 is 0 Å². The molecule has 39 nitrogen and oxygen atoms in total. The van der Waals surface area contributed by atoms with Crippen LogP contribution in [0.25, 0.3) is 0 Å². The predicted octanol–water partition coefficient (Wildman–Crippen LogP) is 3.30. The van der Waals surface area contributed by atoms with Gasteiger partial charge in [-0.25, -0.2) is 4.57 Å². The monoisotopic (exact) mass is 1880 g/mol. The van der Waals surface area contributed by atoms with Crippen LogP contribution in [-0.2, 0) is 90.1 Å². The molecule has 19 atom stereocenters. The second kappa shape index (κ2) is 73.4. The third-order valence-corrected chi connectivity index (χ3v) is 24.1. The van der Waals surface area contributed by atoms with Crippen LogP contribution in [0.5, 0.6) is 0 Å². The van der Waals surface area contributed by atoms with Gasteiger partial charge >= 0.3 is 7.82 Å². The zero-order valence-corrected chi connectivity index (χ0v) is 78.4. The number of hydrogen-bond donors (Lipinski definition) is 20. The number of carbonyl (C=O) groups excluding carboxylic acids is 8. The molecule has 0 aliphatic carbocycles. The lowest BCUT2D eigenvalue weighted by Gasteiger charge is -2.40. The SMILES string of the molecule is CCCCCCCCCCCCCCCC(=O)NCCCC[C@H](NC(=O)[C@H](CCCCNC(=O)CCOCCOC1OC(CO)C(O)C(O)C1C)NC(=O)[C@H](CCCCNC(=O)CCOCCOC1OC(CO)C(O)C(O)C1C)NC(=O)CCOCCOC1OC(CO)C(O)C(O)C1C)C(=O)NCCCCCCCCCCCC(=O)NCCCCC(CO)COP(=O)(O)O. The van der Waals surface area contributed by atoms with E-state index in [0.29, 0.717) is 83.8 Å². The Hall–Kier alpha value is -4.89. The molecule has 0 saturated carbocycles. The Morgan fingerprint density at radius 1 is 0.326 bits per heavy atom. The van der Waals surface area contributed by atoms with Gasteiger partial charge in [0.1, 0.15) is 54.7 Å². The fourth-order valence-electron chi connectivity index (χ4n) is 15.3. The molecular weight excluding hydrogens is 1710 g/mol. The van der Waals surface area contributed by atoms with Crippen molar-refractivity contribution >= 4 is 55.1 Å². The van der Waals surface area contributed by atoms with Gasteiger partial charge in [0, 0.05) is 95.1 Å². The van der Waals surface area contributed by atoms with Crippen LogP contribution in [0, 0.1) is 23.7 Å². The van der Waals surface area contributed by atoms with Crippen molar-refractivity contribution < 1.29 is 151 Å². The number of ether oxygens (including phenoxy) is 9. The highest BCUT2D eigenvalue weighted by Gasteiger charge is 2.45. The maximum atomic E-state index is 15.0. The van der Waals surface area contributed by atoms with Gasteiger partial charge in [0.15, 0.2) is 18.9 Å². The first kappa shape index (κ1) is 118. The van der Waals surface area contributed by atoms with Gasteiger partial charge in [0.25, 0.3) is 0 Å². The summed E-state index contributed by atoms with van der Waals surface area (Å²) in [5, 5.41) is 123. The molecule has 0 aromatic heterocycles. The van der Waals surface area contributed by atoms with Gasteiger partial charge in [0.05, 0.1) is 104 Å². The van der Waals surface area contributed by atoms with Crippen LogP contribution in [0.3, 0.4) is 0 Å². The lowest BCUT2D eigenvalue weighted by atomic mass is 9.92. The first-order valence-corrected chi connectivity index (χ1v) is 49.6. The molecule has 129 heavy (non-hydrogen) atoms. The molecule has 3 rings (SSSR count). The Morgan fingerprint density at radius 3 is 0.946 bits per heavy atom. The Labute approximate surface area is 764 Å². The van der Waals surface area contributed by atoms with Gasteiger partial charge in [0.2, 0.25) is 47.3 Å². The number of phosphoric acid groups is 1. The van der Waals surface area contributed by atoms with Crippen molar-refractivity contribution in [3.63, 3.8) is 0 Å². The minimum Gasteiger partial charge on any atom is -0.396 e. The van der Waals surface area contributed by atoms with Gasteiger partial charge in [-0.05, 0) is 89.9 Å². The number of nitrogens with one attached hydrogen (secondary N) is 8. The standard InChI is InChI=1S/C89H167N8O31P/c1-5-6-7-8-9-10-11-12-13-15-18-21-25-40-74(103)91-45-32-27-36-67(84(113)94-48-30-23-20-17-14-16-19-22-24-39-73(102)90-44-31-26-35-66(58-98)62-125-129(116,117)118)96-86(115)69(38-29-34-47-93-76(105)42-50-120-53-56-123-88-64(3)79(108)82(111)71(60-100)127-88)97-85(114)68(95-77(106)43-51-121-54-57-124-89-65(4)80(109)83(112)72(61-101)128-89)37-28-33-46-92-75(104)41-49-119-52-55-122-87-63(2)78(107)81(110)70(59-99)126-87/h63-72,78-83,87-89,98-101,107-112H,5-62H2,1-4H3,(H,90,102)(H,91,103)(H,92,104)(H,93,105)(H,94,113)(H,95,106)(H,96,115)(H,97,114)(H2,116,117,118)/t63?,64?,65?,66?,67-,68-,69-,70?,71?,72?,78?,79?,80?,81?,82?,83?,87?,88?,89?/m0/s1. The van der Waals surface area contributed by atoms with Gasteiger partial charge in [-0.15, -0.1) is 0 Å². The third-order valence-electron chi connectivity index (χ3n) is 23.6. The van der Waals surface area contributed by atoms with Crippen LogP contribution >= 0.6 is 7.82 Å². The molecule has 40 heteroatoms. The van der Waals surface area contributed by atoms with Crippen LogP contribution in [0.4, 0.5) is 0 Å². The minimum atomic E-state index is -4.63. The molecule has 0 aromatic carbocycles. The van der Waals surface area contributed by atoms with Crippen molar-refractivity contribution in [3.8, 4) is 0 Å². The molecular formula is C89H167N8O31P. The van der Waals surface area contributed by atoms with E-state index in [-0.39, 0.29) is 161 Å². The Morgan fingerprint density at radius 2 is 0.612 bits per heavy atom.